The van der Waals surface area contributed by atoms with Crippen molar-refractivity contribution in [1.29, 1.82) is 0 Å². The van der Waals surface area contributed by atoms with Crippen LogP contribution in [0.2, 0.25) is 0 Å². The van der Waals surface area contributed by atoms with Crippen molar-refractivity contribution < 1.29 is 4.74 Å². The summed E-state index contributed by atoms with van der Waals surface area (Å²) >= 11 is 5.75. The highest BCUT2D eigenvalue weighted by Gasteiger charge is 2.12. The Morgan fingerprint density at radius 1 is 1.38 bits per heavy atom. The van der Waals surface area contributed by atoms with Crippen LogP contribution in [-0.2, 0) is 6.42 Å². The minimum Gasteiger partial charge on any atom is -0.497 e. The second-order valence-corrected chi connectivity index (χ2v) is 4.46. The largest absolute Gasteiger partial charge is 0.497 e. The zero-order valence-corrected chi connectivity index (χ0v) is 10.4. The van der Waals surface area contributed by atoms with Crippen molar-refractivity contribution in [3.63, 3.8) is 0 Å². The maximum Gasteiger partial charge on any atom is 0.119 e. The molecule has 1 aliphatic rings. The predicted octanol–water partition coefficient (Wildman–Crippen LogP) is 4.04. The van der Waals surface area contributed by atoms with Crippen LogP contribution in [0.1, 0.15) is 30.4 Å². The SMILES string of the molecule is COc1ccc2c(c1)C(CCCCl)=CCC2. The number of ether oxygens (including phenoxy) is 1. The van der Waals surface area contributed by atoms with Crippen LogP contribution in [0.3, 0.4) is 0 Å². The Bertz CT molecular complexity index is 396. The van der Waals surface area contributed by atoms with Gasteiger partial charge in [0.1, 0.15) is 5.75 Å². The minimum absolute atomic E-state index is 0.733. The summed E-state index contributed by atoms with van der Waals surface area (Å²) in [5.41, 5.74) is 4.23. The van der Waals surface area contributed by atoms with Crippen LogP contribution in [0.25, 0.3) is 5.57 Å². The van der Waals surface area contributed by atoms with E-state index in [1.807, 2.05) is 6.07 Å². The number of aryl methyl sites for hydroxylation is 1. The summed E-state index contributed by atoms with van der Waals surface area (Å²) in [5.74, 6) is 1.67. The Morgan fingerprint density at radius 3 is 3.00 bits per heavy atom. The molecule has 1 aliphatic carbocycles. The summed E-state index contributed by atoms with van der Waals surface area (Å²) in [4.78, 5) is 0. The van der Waals surface area contributed by atoms with E-state index in [1.54, 1.807) is 7.11 Å². The maximum absolute atomic E-state index is 5.75. The van der Waals surface area contributed by atoms with Gasteiger partial charge >= 0.3 is 0 Å². The van der Waals surface area contributed by atoms with Crippen LogP contribution in [0, 0.1) is 0 Å². The maximum atomic E-state index is 5.75. The summed E-state index contributed by atoms with van der Waals surface area (Å²) in [6.45, 7) is 0. The minimum atomic E-state index is 0.733. The molecule has 0 N–H and O–H groups in total. The molecule has 1 aromatic rings. The molecule has 0 bridgehead atoms. The predicted molar refractivity (Wildman–Crippen MR) is 69.2 cm³/mol. The topological polar surface area (TPSA) is 9.23 Å². The number of fused-ring (bicyclic) bond motifs is 1. The summed E-state index contributed by atoms with van der Waals surface area (Å²) < 4.78 is 5.28. The molecule has 0 spiro atoms. The van der Waals surface area contributed by atoms with Crippen molar-refractivity contribution in [2.24, 2.45) is 0 Å². The van der Waals surface area contributed by atoms with Crippen LogP contribution in [0.15, 0.2) is 24.3 Å². The van der Waals surface area contributed by atoms with Crippen LogP contribution >= 0.6 is 11.6 Å². The second kappa shape index (κ2) is 5.40. The van der Waals surface area contributed by atoms with Gasteiger partial charge in [-0.3, -0.25) is 0 Å². The second-order valence-electron chi connectivity index (χ2n) is 4.08. The molecule has 0 heterocycles. The van der Waals surface area contributed by atoms with Gasteiger partial charge in [-0.05, 0) is 54.5 Å². The molecule has 2 heteroatoms. The molecule has 0 unspecified atom stereocenters. The molecule has 16 heavy (non-hydrogen) atoms. The average Bonchev–Trinajstić information content (AvgIpc) is 2.35. The highest BCUT2D eigenvalue weighted by molar-refractivity contribution is 6.17. The fourth-order valence-corrected chi connectivity index (χ4v) is 2.34. The molecular formula is C14H17ClO. The summed E-state index contributed by atoms with van der Waals surface area (Å²) in [5, 5.41) is 0. The highest BCUT2D eigenvalue weighted by Crippen LogP contribution is 2.32. The van der Waals surface area contributed by atoms with E-state index in [9.17, 15) is 0 Å². The number of benzene rings is 1. The van der Waals surface area contributed by atoms with E-state index in [2.05, 4.69) is 18.2 Å². The number of hydrogen-bond acceptors (Lipinski definition) is 1. The number of rotatable bonds is 4. The van der Waals surface area contributed by atoms with Gasteiger partial charge < -0.3 is 4.74 Å². The first-order valence-corrected chi connectivity index (χ1v) is 6.31. The molecule has 2 rings (SSSR count). The lowest BCUT2D eigenvalue weighted by atomic mass is 9.88. The quantitative estimate of drug-likeness (QED) is 0.717. The number of alkyl halides is 1. The third-order valence-corrected chi connectivity index (χ3v) is 3.31. The lowest BCUT2D eigenvalue weighted by Crippen LogP contribution is -2.00. The van der Waals surface area contributed by atoms with Gasteiger partial charge in [0.05, 0.1) is 7.11 Å². The molecule has 0 amide bonds. The number of methoxy groups -OCH3 is 1. The van der Waals surface area contributed by atoms with Gasteiger partial charge in [0, 0.05) is 5.88 Å². The van der Waals surface area contributed by atoms with Gasteiger partial charge in [-0.25, -0.2) is 0 Å². The molecule has 0 aromatic heterocycles. The summed E-state index contributed by atoms with van der Waals surface area (Å²) in [7, 11) is 1.71. The molecule has 1 nitrogen and oxygen atoms in total. The standard InChI is InChI=1S/C14H17ClO/c1-16-13-8-7-12-5-2-4-11(6-3-9-15)14(12)10-13/h4,7-8,10H,2-3,5-6,9H2,1H3. The zero-order chi connectivity index (χ0) is 11.4. The van der Waals surface area contributed by atoms with Gasteiger partial charge in [-0.2, -0.15) is 0 Å². The van der Waals surface area contributed by atoms with Crippen molar-refractivity contribution >= 4 is 17.2 Å². The van der Waals surface area contributed by atoms with Crippen LogP contribution < -0.4 is 4.74 Å². The van der Waals surface area contributed by atoms with Gasteiger partial charge in [0.15, 0.2) is 0 Å². The smallest absolute Gasteiger partial charge is 0.119 e. The lowest BCUT2D eigenvalue weighted by molar-refractivity contribution is 0.414. The van der Waals surface area contributed by atoms with E-state index < -0.39 is 0 Å². The lowest BCUT2D eigenvalue weighted by Gasteiger charge is -2.18. The number of hydrogen-bond donors (Lipinski definition) is 0. The van der Waals surface area contributed by atoms with Gasteiger partial charge in [0.2, 0.25) is 0 Å². The van der Waals surface area contributed by atoms with E-state index in [4.69, 9.17) is 16.3 Å². The van der Waals surface area contributed by atoms with Gasteiger partial charge in [-0.15, -0.1) is 11.6 Å². The molecular weight excluding hydrogens is 220 g/mol. The molecule has 0 saturated carbocycles. The monoisotopic (exact) mass is 236 g/mol. The molecule has 0 fully saturated rings. The fraction of sp³-hybridized carbons (Fsp3) is 0.429. The molecule has 0 saturated heterocycles. The summed E-state index contributed by atoms with van der Waals surface area (Å²) in [6.07, 6.45) is 6.75. The van der Waals surface area contributed by atoms with Gasteiger partial charge in [-0.1, -0.05) is 12.1 Å². The van der Waals surface area contributed by atoms with E-state index in [1.165, 1.54) is 16.7 Å². The third kappa shape index (κ3) is 2.41. The van der Waals surface area contributed by atoms with Crippen LogP contribution in [-0.4, -0.2) is 13.0 Å². The average molecular weight is 237 g/mol. The molecule has 0 aliphatic heterocycles. The van der Waals surface area contributed by atoms with Crippen LogP contribution in [0.4, 0.5) is 0 Å². The Balaban J connectivity index is 2.27. The highest BCUT2D eigenvalue weighted by atomic mass is 35.5. The van der Waals surface area contributed by atoms with Crippen molar-refractivity contribution in [3.8, 4) is 5.75 Å². The Labute approximate surface area is 102 Å². The van der Waals surface area contributed by atoms with Crippen molar-refractivity contribution in [3.05, 3.63) is 35.4 Å². The first kappa shape index (κ1) is 11.5. The normalized spacial score (nSPS) is 14.2. The zero-order valence-electron chi connectivity index (χ0n) is 9.63. The molecule has 0 atom stereocenters. The molecule has 0 radical (unpaired) electrons. The van der Waals surface area contributed by atoms with E-state index in [0.717, 1.165) is 37.3 Å². The Morgan fingerprint density at radius 2 is 2.25 bits per heavy atom. The van der Waals surface area contributed by atoms with E-state index in [0.29, 0.717) is 0 Å². The number of halogens is 1. The molecule has 86 valence electrons. The summed E-state index contributed by atoms with van der Waals surface area (Å²) in [6, 6.07) is 6.37. The van der Waals surface area contributed by atoms with Crippen molar-refractivity contribution in [1.82, 2.24) is 0 Å². The molecule has 1 aromatic carbocycles. The Hall–Kier alpha value is -0.950. The third-order valence-electron chi connectivity index (χ3n) is 3.05. The first-order valence-electron chi connectivity index (χ1n) is 5.77. The van der Waals surface area contributed by atoms with Crippen LogP contribution in [0.5, 0.6) is 5.75 Å². The van der Waals surface area contributed by atoms with E-state index in [-0.39, 0.29) is 0 Å². The van der Waals surface area contributed by atoms with Crippen molar-refractivity contribution in [2.75, 3.05) is 13.0 Å². The number of allylic oxidation sites excluding steroid dienone is 2. The first-order chi connectivity index (χ1) is 7.85. The van der Waals surface area contributed by atoms with Crippen molar-refractivity contribution in [2.45, 2.75) is 25.7 Å². The Kier molecular flexibility index (Phi) is 3.89. The van der Waals surface area contributed by atoms with Gasteiger partial charge in [0.25, 0.3) is 0 Å². The fourth-order valence-electron chi connectivity index (χ4n) is 2.21. The van der Waals surface area contributed by atoms with E-state index >= 15 is 0 Å².